The topological polar surface area (TPSA) is 112 Å². The lowest BCUT2D eigenvalue weighted by Crippen LogP contribution is -2.65. The van der Waals surface area contributed by atoms with Crippen LogP contribution in [0.2, 0.25) is 0 Å². The Bertz CT molecular complexity index is 1250. The molecular formula is C33H42O6. The molecule has 6 heteroatoms. The highest BCUT2D eigenvalue weighted by Crippen LogP contribution is 2.62. The number of carbonyl (C=O) groups excluding carboxylic acids is 3. The molecule has 3 saturated carbocycles. The molecule has 1 aromatic carbocycles. The van der Waals surface area contributed by atoms with Crippen LogP contribution in [-0.2, 0) is 14.4 Å². The molecule has 0 amide bonds. The summed E-state index contributed by atoms with van der Waals surface area (Å²) in [6.45, 7) is 10.9. The number of hydrogen-bond donors (Lipinski definition) is 3. The number of benzene rings is 1. The van der Waals surface area contributed by atoms with Crippen LogP contribution in [0, 0.1) is 22.7 Å². The van der Waals surface area contributed by atoms with Crippen molar-refractivity contribution in [3.63, 3.8) is 0 Å². The van der Waals surface area contributed by atoms with Gasteiger partial charge in [-0.2, -0.15) is 0 Å². The van der Waals surface area contributed by atoms with Crippen molar-refractivity contribution in [2.24, 2.45) is 22.7 Å². The van der Waals surface area contributed by atoms with E-state index in [2.05, 4.69) is 0 Å². The molecule has 0 bridgehead atoms. The summed E-state index contributed by atoms with van der Waals surface area (Å²) in [5, 5.41) is 34.5. The normalized spacial score (nSPS) is 35.0. The Morgan fingerprint density at radius 2 is 1.44 bits per heavy atom. The van der Waals surface area contributed by atoms with Gasteiger partial charge in [-0.15, -0.1) is 0 Å². The van der Waals surface area contributed by atoms with Gasteiger partial charge in [-0.25, -0.2) is 0 Å². The number of carbonyl (C=O) groups is 3. The molecule has 1 spiro atoms. The number of Topliss-reactive ketones (excluding diaryl/α,β-unsaturated/α-hetero) is 3. The predicted molar refractivity (Wildman–Crippen MR) is 151 cm³/mol. The third kappa shape index (κ3) is 4.76. The summed E-state index contributed by atoms with van der Waals surface area (Å²) in [5.41, 5.74) is -4.19. The molecule has 0 saturated heterocycles. The number of allylic oxidation sites excluding steroid dienone is 5. The fourth-order valence-corrected chi connectivity index (χ4v) is 7.32. The van der Waals surface area contributed by atoms with Crippen LogP contribution in [0.5, 0.6) is 0 Å². The fourth-order valence-electron chi connectivity index (χ4n) is 7.32. The van der Waals surface area contributed by atoms with Crippen LogP contribution in [0.4, 0.5) is 0 Å². The molecular weight excluding hydrogens is 492 g/mol. The molecule has 1 aromatic rings. The second-order valence-corrected chi connectivity index (χ2v) is 13.1. The quantitative estimate of drug-likeness (QED) is 0.147. The Morgan fingerprint density at radius 1 is 0.872 bits per heavy atom. The van der Waals surface area contributed by atoms with E-state index < -0.39 is 51.1 Å². The van der Waals surface area contributed by atoms with Crippen molar-refractivity contribution in [3.8, 4) is 0 Å². The maximum atomic E-state index is 14.9. The van der Waals surface area contributed by atoms with E-state index in [9.17, 15) is 29.7 Å². The Morgan fingerprint density at radius 3 is 1.97 bits per heavy atom. The molecule has 5 atom stereocenters. The summed E-state index contributed by atoms with van der Waals surface area (Å²) in [5.74, 6) is -3.17. The summed E-state index contributed by atoms with van der Waals surface area (Å²) in [6.07, 6.45) is 4.74. The maximum absolute atomic E-state index is 14.9. The number of fused-ring (bicyclic) bond motifs is 1. The summed E-state index contributed by atoms with van der Waals surface area (Å²) in [6, 6.07) is 8.42. The van der Waals surface area contributed by atoms with Gasteiger partial charge in [0, 0.05) is 5.56 Å². The van der Waals surface area contributed by atoms with Crippen molar-refractivity contribution in [2.75, 3.05) is 0 Å². The van der Waals surface area contributed by atoms with Crippen LogP contribution in [-0.4, -0.2) is 43.9 Å². The molecule has 39 heavy (non-hydrogen) atoms. The SMILES string of the molecule is CC(C)=CCC1(CC=C(C)C)C(=O)C(=C(O)c2ccccc2)C(=O)[C@]2(C[C@H]3[C@H](CC[C@]3(C)O)[C@](C)(O)C2)C1=O. The average molecular weight is 535 g/mol. The molecule has 4 rings (SSSR count). The Labute approximate surface area is 231 Å². The summed E-state index contributed by atoms with van der Waals surface area (Å²) >= 11 is 0. The first-order valence-corrected chi connectivity index (χ1v) is 13.9. The number of ketones is 3. The van der Waals surface area contributed by atoms with E-state index in [0.717, 1.165) is 11.1 Å². The number of rotatable bonds is 5. The summed E-state index contributed by atoms with van der Waals surface area (Å²) in [7, 11) is 0. The zero-order chi connectivity index (χ0) is 29.0. The van der Waals surface area contributed by atoms with Gasteiger partial charge in [-0.1, -0.05) is 53.6 Å². The molecule has 3 N–H and O–H groups in total. The van der Waals surface area contributed by atoms with Crippen LogP contribution in [0.3, 0.4) is 0 Å². The van der Waals surface area contributed by atoms with Gasteiger partial charge in [0.1, 0.15) is 16.7 Å². The first-order valence-electron chi connectivity index (χ1n) is 13.9. The summed E-state index contributed by atoms with van der Waals surface area (Å²) in [4.78, 5) is 43.8. The van der Waals surface area contributed by atoms with E-state index in [1.54, 1.807) is 44.2 Å². The highest BCUT2D eigenvalue weighted by Gasteiger charge is 2.70. The minimum Gasteiger partial charge on any atom is -0.506 e. The highest BCUT2D eigenvalue weighted by molar-refractivity contribution is 6.41. The minimum atomic E-state index is -1.75. The number of aliphatic hydroxyl groups excluding tert-OH is 1. The van der Waals surface area contributed by atoms with E-state index in [0.29, 0.717) is 18.4 Å². The van der Waals surface area contributed by atoms with E-state index in [1.807, 2.05) is 39.8 Å². The third-order valence-corrected chi connectivity index (χ3v) is 9.47. The monoisotopic (exact) mass is 534 g/mol. The Kier molecular flexibility index (Phi) is 7.46. The van der Waals surface area contributed by atoms with E-state index in [1.165, 1.54) is 0 Å². The van der Waals surface area contributed by atoms with Gasteiger partial charge in [0.2, 0.25) is 0 Å². The van der Waals surface area contributed by atoms with Crippen molar-refractivity contribution in [3.05, 3.63) is 64.8 Å². The van der Waals surface area contributed by atoms with Crippen molar-refractivity contribution in [1.82, 2.24) is 0 Å². The van der Waals surface area contributed by atoms with Crippen molar-refractivity contribution in [2.45, 2.75) is 91.3 Å². The van der Waals surface area contributed by atoms with Gasteiger partial charge in [0.15, 0.2) is 17.3 Å². The molecule has 210 valence electrons. The number of aliphatic hydroxyl groups is 3. The molecule has 0 aromatic heterocycles. The van der Waals surface area contributed by atoms with Gasteiger partial charge >= 0.3 is 0 Å². The van der Waals surface area contributed by atoms with Crippen molar-refractivity contribution < 1.29 is 29.7 Å². The zero-order valence-corrected chi connectivity index (χ0v) is 24.0. The van der Waals surface area contributed by atoms with Crippen LogP contribution in [0.1, 0.15) is 85.6 Å². The molecule has 3 aliphatic rings. The molecule has 0 aliphatic heterocycles. The molecule has 3 aliphatic carbocycles. The Balaban J connectivity index is 2.04. The first kappa shape index (κ1) is 29.2. The standard InChI is InChI=1S/C33H42O6/c1-20(2)12-16-32(17-13-21(3)4)27(35)25(26(34)22-10-8-7-9-11-22)28(36)33(29(32)37)18-24-23(31(6,39)19-33)14-15-30(24,5)38/h7-13,23-24,34,38-39H,14-19H2,1-6H3/t23-,24-,30-,31+,33+/m0/s1. The predicted octanol–water partition coefficient (Wildman–Crippen LogP) is 5.68. The molecule has 0 heterocycles. The maximum Gasteiger partial charge on any atom is 0.184 e. The second-order valence-electron chi connectivity index (χ2n) is 13.1. The van der Waals surface area contributed by atoms with Crippen LogP contribution in [0.15, 0.2) is 59.2 Å². The lowest BCUT2D eigenvalue weighted by atomic mass is 9.47. The first-order chi connectivity index (χ1) is 18.1. The molecule has 3 fully saturated rings. The lowest BCUT2D eigenvalue weighted by Gasteiger charge is -2.54. The van der Waals surface area contributed by atoms with E-state index in [4.69, 9.17) is 0 Å². The van der Waals surface area contributed by atoms with Gasteiger partial charge in [0.05, 0.1) is 16.6 Å². The van der Waals surface area contributed by atoms with Gasteiger partial charge in [0.25, 0.3) is 0 Å². The van der Waals surface area contributed by atoms with Crippen molar-refractivity contribution >= 4 is 23.1 Å². The molecule has 6 nitrogen and oxygen atoms in total. The van der Waals surface area contributed by atoms with Crippen molar-refractivity contribution in [1.29, 1.82) is 0 Å². The smallest absolute Gasteiger partial charge is 0.184 e. The molecule has 0 radical (unpaired) electrons. The fraction of sp³-hybridized carbons (Fsp3) is 0.545. The van der Waals surface area contributed by atoms with Crippen LogP contribution < -0.4 is 0 Å². The van der Waals surface area contributed by atoms with Gasteiger partial charge in [-0.05, 0) is 91.9 Å². The molecule has 0 unspecified atom stereocenters. The second kappa shape index (κ2) is 9.97. The van der Waals surface area contributed by atoms with E-state index >= 15 is 0 Å². The van der Waals surface area contributed by atoms with Crippen LogP contribution >= 0.6 is 0 Å². The largest absolute Gasteiger partial charge is 0.506 e. The van der Waals surface area contributed by atoms with Crippen LogP contribution in [0.25, 0.3) is 5.76 Å². The summed E-state index contributed by atoms with van der Waals surface area (Å²) < 4.78 is 0. The minimum absolute atomic E-state index is 0.0305. The Hall–Kier alpha value is -2.83. The zero-order valence-electron chi connectivity index (χ0n) is 24.0. The van der Waals surface area contributed by atoms with E-state index in [-0.39, 0.29) is 37.2 Å². The lowest BCUT2D eigenvalue weighted by molar-refractivity contribution is -0.175. The van der Waals surface area contributed by atoms with Gasteiger partial charge in [-0.3, -0.25) is 14.4 Å². The average Bonchev–Trinajstić information content (AvgIpc) is 3.17. The third-order valence-electron chi connectivity index (χ3n) is 9.47. The van der Waals surface area contributed by atoms with Gasteiger partial charge < -0.3 is 15.3 Å². The highest BCUT2D eigenvalue weighted by atomic mass is 16.3. The number of hydrogen-bond acceptors (Lipinski definition) is 6.